The van der Waals surface area contributed by atoms with E-state index >= 15 is 0 Å². The van der Waals surface area contributed by atoms with E-state index in [1.54, 1.807) is 7.11 Å². The highest BCUT2D eigenvalue weighted by Crippen LogP contribution is 2.19. The summed E-state index contributed by atoms with van der Waals surface area (Å²) >= 11 is 3.31. The molecule has 1 N–H and O–H groups in total. The zero-order valence-electron chi connectivity index (χ0n) is 8.59. The Morgan fingerprint density at radius 2 is 2.27 bits per heavy atom. The maximum atomic E-state index is 9.03. The smallest absolute Gasteiger partial charge is 0.125 e. The summed E-state index contributed by atoms with van der Waals surface area (Å²) in [5.74, 6) is 6.74. The fraction of sp³-hybridized carbons (Fsp3) is 0.333. The first kappa shape index (κ1) is 12.1. The van der Waals surface area contributed by atoms with Crippen LogP contribution in [0.4, 0.5) is 0 Å². The average molecular weight is 269 g/mol. The van der Waals surface area contributed by atoms with Gasteiger partial charge in [-0.2, -0.15) is 0 Å². The molecule has 0 unspecified atom stereocenters. The molecule has 0 aliphatic heterocycles. The van der Waals surface area contributed by atoms with Crippen LogP contribution in [0.1, 0.15) is 17.5 Å². The Bertz CT molecular complexity index is 377. The SMILES string of the molecule is COc1cc(C#CCCBr)ccc1CO. The van der Waals surface area contributed by atoms with Crippen LogP contribution < -0.4 is 4.74 Å². The van der Waals surface area contributed by atoms with E-state index in [4.69, 9.17) is 9.84 Å². The van der Waals surface area contributed by atoms with E-state index in [0.29, 0.717) is 5.75 Å². The van der Waals surface area contributed by atoms with Crippen LogP contribution in [-0.4, -0.2) is 17.5 Å². The predicted molar refractivity (Wildman–Crippen MR) is 64.2 cm³/mol. The fourth-order valence-electron chi connectivity index (χ4n) is 1.16. The second-order valence-electron chi connectivity index (χ2n) is 2.93. The van der Waals surface area contributed by atoms with Crippen LogP contribution in [0, 0.1) is 11.8 Å². The number of rotatable bonds is 3. The average Bonchev–Trinajstić information content (AvgIpc) is 2.29. The number of ether oxygens (including phenoxy) is 1. The summed E-state index contributed by atoms with van der Waals surface area (Å²) < 4.78 is 5.15. The van der Waals surface area contributed by atoms with Gasteiger partial charge in [-0.25, -0.2) is 0 Å². The third-order valence-electron chi connectivity index (χ3n) is 1.91. The number of alkyl halides is 1. The predicted octanol–water partition coefficient (Wildman–Crippen LogP) is 2.32. The molecule has 80 valence electrons. The highest BCUT2D eigenvalue weighted by Gasteiger charge is 2.01. The van der Waals surface area contributed by atoms with E-state index in [-0.39, 0.29) is 6.61 Å². The van der Waals surface area contributed by atoms with E-state index in [1.165, 1.54) is 0 Å². The number of benzene rings is 1. The Morgan fingerprint density at radius 1 is 1.47 bits per heavy atom. The van der Waals surface area contributed by atoms with Crippen molar-refractivity contribution in [3.8, 4) is 17.6 Å². The largest absolute Gasteiger partial charge is 0.496 e. The molecule has 0 spiro atoms. The van der Waals surface area contributed by atoms with E-state index < -0.39 is 0 Å². The van der Waals surface area contributed by atoms with Gasteiger partial charge < -0.3 is 9.84 Å². The molecular formula is C12H13BrO2. The Hall–Kier alpha value is -0.980. The van der Waals surface area contributed by atoms with Crippen LogP contribution in [0.5, 0.6) is 5.75 Å². The second-order valence-corrected chi connectivity index (χ2v) is 3.72. The van der Waals surface area contributed by atoms with Gasteiger partial charge in [0.05, 0.1) is 13.7 Å². The lowest BCUT2D eigenvalue weighted by Gasteiger charge is -2.05. The van der Waals surface area contributed by atoms with Crippen LogP contribution in [0.3, 0.4) is 0 Å². The maximum Gasteiger partial charge on any atom is 0.125 e. The molecule has 0 heterocycles. The van der Waals surface area contributed by atoms with Gasteiger partial charge >= 0.3 is 0 Å². The molecule has 1 aromatic rings. The Balaban J connectivity index is 2.89. The first-order chi connectivity index (χ1) is 7.31. The quantitative estimate of drug-likeness (QED) is 0.674. The summed E-state index contributed by atoms with van der Waals surface area (Å²) in [5, 5.41) is 9.91. The summed E-state index contributed by atoms with van der Waals surface area (Å²) in [7, 11) is 1.59. The van der Waals surface area contributed by atoms with Crippen LogP contribution in [0.2, 0.25) is 0 Å². The van der Waals surface area contributed by atoms with Gasteiger partial charge in [0.2, 0.25) is 0 Å². The number of aliphatic hydroxyl groups is 1. The van der Waals surface area contributed by atoms with E-state index in [0.717, 1.165) is 22.9 Å². The molecule has 0 saturated heterocycles. The van der Waals surface area contributed by atoms with Gasteiger partial charge in [0.15, 0.2) is 0 Å². The Morgan fingerprint density at radius 3 is 2.87 bits per heavy atom. The number of hydrogen-bond donors (Lipinski definition) is 1. The molecule has 3 heteroatoms. The van der Waals surface area contributed by atoms with Crippen molar-refractivity contribution in [2.45, 2.75) is 13.0 Å². The molecule has 0 aliphatic rings. The molecule has 0 aromatic heterocycles. The van der Waals surface area contributed by atoms with E-state index in [2.05, 4.69) is 27.8 Å². The summed E-state index contributed by atoms with van der Waals surface area (Å²) in [6.07, 6.45) is 0.823. The van der Waals surface area contributed by atoms with Crippen LogP contribution in [0.25, 0.3) is 0 Å². The van der Waals surface area contributed by atoms with Gasteiger partial charge in [-0.1, -0.05) is 33.8 Å². The Labute approximate surface area is 98.4 Å². The molecule has 0 bridgehead atoms. The monoisotopic (exact) mass is 268 g/mol. The standard InChI is InChI=1S/C12H13BrO2/c1-15-12-8-10(4-2-3-7-13)5-6-11(12)9-14/h5-6,8,14H,3,7,9H2,1H3. The molecule has 0 amide bonds. The van der Waals surface area contributed by atoms with Gasteiger partial charge in [-0.3, -0.25) is 0 Å². The highest BCUT2D eigenvalue weighted by atomic mass is 79.9. The number of methoxy groups -OCH3 is 1. The van der Waals surface area contributed by atoms with Crippen molar-refractivity contribution in [1.29, 1.82) is 0 Å². The van der Waals surface area contributed by atoms with Gasteiger partial charge in [0.25, 0.3) is 0 Å². The zero-order valence-corrected chi connectivity index (χ0v) is 10.2. The topological polar surface area (TPSA) is 29.5 Å². The molecule has 0 aliphatic carbocycles. The maximum absolute atomic E-state index is 9.03. The van der Waals surface area contributed by atoms with Crippen molar-refractivity contribution >= 4 is 15.9 Å². The minimum atomic E-state index is -0.0156. The van der Waals surface area contributed by atoms with Gasteiger partial charge in [-0.15, -0.1) is 0 Å². The van der Waals surface area contributed by atoms with Crippen molar-refractivity contribution in [2.75, 3.05) is 12.4 Å². The minimum absolute atomic E-state index is 0.0156. The van der Waals surface area contributed by atoms with Crippen molar-refractivity contribution in [3.63, 3.8) is 0 Å². The summed E-state index contributed by atoms with van der Waals surface area (Å²) in [6, 6.07) is 5.55. The van der Waals surface area contributed by atoms with E-state index in [1.807, 2.05) is 18.2 Å². The number of hydrogen-bond acceptors (Lipinski definition) is 2. The third kappa shape index (κ3) is 3.58. The summed E-state index contributed by atoms with van der Waals surface area (Å²) in [6.45, 7) is -0.0156. The molecule has 1 rings (SSSR count). The normalized spacial score (nSPS) is 9.27. The van der Waals surface area contributed by atoms with Crippen LogP contribution in [0.15, 0.2) is 18.2 Å². The van der Waals surface area contributed by atoms with Gasteiger partial charge in [0, 0.05) is 22.9 Å². The molecular weight excluding hydrogens is 256 g/mol. The van der Waals surface area contributed by atoms with Gasteiger partial charge in [-0.05, 0) is 12.1 Å². The lowest BCUT2D eigenvalue weighted by molar-refractivity contribution is 0.274. The van der Waals surface area contributed by atoms with E-state index in [9.17, 15) is 0 Å². The molecule has 0 radical (unpaired) electrons. The number of aliphatic hydroxyl groups excluding tert-OH is 1. The molecule has 0 fully saturated rings. The molecule has 1 aromatic carbocycles. The van der Waals surface area contributed by atoms with Crippen molar-refractivity contribution in [3.05, 3.63) is 29.3 Å². The lowest BCUT2D eigenvalue weighted by Crippen LogP contribution is -1.92. The van der Waals surface area contributed by atoms with Gasteiger partial charge in [0.1, 0.15) is 5.75 Å². The van der Waals surface area contributed by atoms with Crippen molar-refractivity contribution in [2.24, 2.45) is 0 Å². The summed E-state index contributed by atoms with van der Waals surface area (Å²) in [4.78, 5) is 0. The third-order valence-corrected chi connectivity index (χ3v) is 2.31. The van der Waals surface area contributed by atoms with Crippen LogP contribution in [-0.2, 0) is 6.61 Å². The summed E-state index contributed by atoms with van der Waals surface area (Å²) in [5.41, 5.74) is 1.69. The minimum Gasteiger partial charge on any atom is -0.496 e. The second kappa shape index (κ2) is 6.49. The van der Waals surface area contributed by atoms with Crippen molar-refractivity contribution in [1.82, 2.24) is 0 Å². The Kier molecular flexibility index (Phi) is 5.23. The zero-order chi connectivity index (χ0) is 11.1. The first-order valence-corrected chi connectivity index (χ1v) is 5.76. The molecule has 2 nitrogen and oxygen atoms in total. The highest BCUT2D eigenvalue weighted by molar-refractivity contribution is 9.09. The lowest BCUT2D eigenvalue weighted by atomic mass is 10.1. The first-order valence-electron chi connectivity index (χ1n) is 4.64. The molecule has 0 saturated carbocycles. The fourth-order valence-corrected chi connectivity index (χ4v) is 1.36. The van der Waals surface area contributed by atoms with Crippen molar-refractivity contribution < 1.29 is 9.84 Å². The molecule has 15 heavy (non-hydrogen) atoms. The molecule has 0 atom stereocenters. The van der Waals surface area contributed by atoms with Crippen LogP contribution >= 0.6 is 15.9 Å². The number of halogens is 1.